The Bertz CT molecular complexity index is 1050. The number of aryl methyl sites for hydroxylation is 1. The summed E-state index contributed by atoms with van der Waals surface area (Å²) in [6, 6.07) is 11.7. The number of benzene rings is 2. The molecule has 1 amide bonds. The van der Waals surface area contributed by atoms with Crippen molar-refractivity contribution in [2.75, 3.05) is 19.8 Å². The van der Waals surface area contributed by atoms with Crippen molar-refractivity contribution in [3.05, 3.63) is 69.8 Å². The van der Waals surface area contributed by atoms with Crippen LogP contribution < -0.4 is 4.74 Å². The van der Waals surface area contributed by atoms with E-state index < -0.39 is 17.7 Å². The van der Waals surface area contributed by atoms with Crippen LogP contribution in [0.15, 0.2) is 48.0 Å². The van der Waals surface area contributed by atoms with E-state index in [9.17, 15) is 14.7 Å². The van der Waals surface area contributed by atoms with Gasteiger partial charge in [-0.1, -0.05) is 41.4 Å². The summed E-state index contributed by atoms with van der Waals surface area (Å²) in [5, 5.41) is 11.5. The van der Waals surface area contributed by atoms with E-state index in [0.717, 1.165) is 11.1 Å². The third-order valence-electron chi connectivity index (χ3n) is 5.43. The van der Waals surface area contributed by atoms with Crippen molar-refractivity contribution in [2.24, 2.45) is 0 Å². The van der Waals surface area contributed by atoms with Crippen LogP contribution in [0.3, 0.4) is 0 Å². The standard InChI is InChI=1S/C26H30ClNO5/c1-5-32-21-12-11-19(15-20(21)27)24(29)22-23(18-9-7-17(4)8-10-18)28(26(31)25(22)30)13-6-14-33-16(2)3/h7-12,15-16,23,29H,5-6,13-14H2,1-4H3/t23-/m0/s1. The number of rotatable bonds is 9. The van der Waals surface area contributed by atoms with E-state index >= 15 is 0 Å². The van der Waals surface area contributed by atoms with Gasteiger partial charge in [0.05, 0.1) is 29.3 Å². The van der Waals surface area contributed by atoms with Crippen molar-refractivity contribution < 1.29 is 24.2 Å². The Hall–Kier alpha value is -2.83. The smallest absolute Gasteiger partial charge is 0.295 e. The Morgan fingerprint density at radius 2 is 1.85 bits per heavy atom. The fraction of sp³-hybridized carbons (Fsp3) is 0.385. The Morgan fingerprint density at radius 1 is 1.15 bits per heavy atom. The summed E-state index contributed by atoms with van der Waals surface area (Å²) in [6.45, 7) is 8.95. The molecule has 0 bridgehead atoms. The maximum absolute atomic E-state index is 13.1. The van der Waals surface area contributed by atoms with Crippen molar-refractivity contribution in [2.45, 2.75) is 46.3 Å². The third kappa shape index (κ3) is 5.57. The van der Waals surface area contributed by atoms with Crippen LogP contribution in [0.5, 0.6) is 5.75 Å². The quantitative estimate of drug-likeness (QED) is 0.233. The molecule has 176 valence electrons. The van der Waals surface area contributed by atoms with Crippen LogP contribution in [-0.4, -0.2) is 47.6 Å². The average Bonchev–Trinajstić information content (AvgIpc) is 3.03. The molecule has 0 aliphatic carbocycles. The van der Waals surface area contributed by atoms with E-state index in [0.29, 0.717) is 42.5 Å². The van der Waals surface area contributed by atoms with Gasteiger partial charge in [-0.3, -0.25) is 9.59 Å². The van der Waals surface area contributed by atoms with Crippen LogP contribution >= 0.6 is 11.6 Å². The molecule has 1 heterocycles. The fourth-order valence-corrected chi connectivity index (χ4v) is 4.07. The number of hydrogen-bond donors (Lipinski definition) is 1. The van der Waals surface area contributed by atoms with Gasteiger partial charge in [-0.25, -0.2) is 0 Å². The number of ether oxygens (including phenoxy) is 2. The van der Waals surface area contributed by atoms with Crippen molar-refractivity contribution in [1.29, 1.82) is 0 Å². The minimum Gasteiger partial charge on any atom is -0.507 e. The molecule has 33 heavy (non-hydrogen) atoms. The molecule has 0 saturated carbocycles. The van der Waals surface area contributed by atoms with Gasteiger partial charge in [0.15, 0.2) is 0 Å². The number of amides is 1. The summed E-state index contributed by atoms with van der Waals surface area (Å²) >= 11 is 6.30. The SMILES string of the molecule is CCOc1ccc(C(O)=C2C(=O)C(=O)N(CCCOC(C)C)[C@H]2c2ccc(C)cc2)cc1Cl. The second-order valence-electron chi connectivity index (χ2n) is 8.25. The second kappa shape index (κ2) is 10.9. The summed E-state index contributed by atoms with van der Waals surface area (Å²) in [6.07, 6.45) is 0.653. The Balaban J connectivity index is 2.03. The molecule has 1 fully saturated rings. The summed E-state index contributed by atoms with van der Waals surface area (Å²) < 4.78 is 11.1. The molecular weight excluding hydrogens is 442 g/mol. The Kier molecular flexibility index (Phi) is 8.16. The fourth-order valence-electron chi connectivity index (χ4n) is 3.84. The number of carbonyl (C=O) groups is 2. The molecular formula is C26H30ClNO5. The lowest BCUT2D eigenvalue weighted by molar-refractivity contribution is -0.140. The molecule has 1 aliphatic rings. The largest absolute Gasteiger partial charge is 0.507 e. The number of Topliss-reactive ketones (excluding diaryl/α,β-unsaturated/α-hetero) is 1. The maximum Gasteiger partial charge on any atom is 0.295 e. The zero-order valence-electron chi connectivity index (χ0n) is 19.4. The number of aliphatic hydroxyl groups excluding tert-OH is 1. The molecule has 3 rings (SSSR count). The molecule has 1 atom stereocenters. The van der Waals surface area contributed by atoms with Gasteiger partial charge in [-0.15, -0.1) is 0 Å². The van der Waals surface area contributed by atoms with Crippen LogP contribution in [0.25, 0.3) is 5.76 Å². The third-order valence-corrected chi connectivity index (χ3v) is 5.73. The van der Waals surface area contributed by atoms with Crippen LogP contribution in [0.2, 0.25) is 5.02 Å². The van der Waals surface area contributed by atoms with E-state index in [4.69, 9.17) is 21.1 Å². The summed E-state index contributed by atoms with van der Waals surface area (Å²) in [4.78, 5) is 27.6. The zero-order chi connectivity index (χ0) is 24.1. The van der Waals surface area contributed by atoms with Crippen molar-refractivity contribution in [3.8, 4) is 5.75 Å². The lowest BCUT2D eigenvalue weighted by Crippen LogP contribution is -2.31. The Morgan fingerprint density at radius 3 is 2.45 bits per heavy atom. The first-order valence-electron chi connectivity index (χ1n) is 11.1. The molecule has 0 unspecified atom stereocenters. The van der Waals surface area contributed by atoms with E-state index in [-0.39, 0.29) is 17.4 Å². The monoisotopic (exact) mass is 471 g/mol. The number of likely N-dealkylation sites (tertiary alicyclic amines) is 1. The highest BCUT2D eigenvalue weighted by atomic mass is 35.5. The Labute approximate surface area is 199 Å². The molecule has 6 nitrogen and oxygen atoms in total. The number of aliphatic hydroxyl groups is 1. The highest BCUT2D eigenvalue weighted by molar-refractivity contribution is 6.46. The molecule has 1 saturated heterocycles. The first kappa shape index (κ1) is 24.8. The predicted octanol–water partition coefficient (Wildman–Crippen LogP) is 5.28. The number of carbonyl (C=O) groups excluding carboxylic acids is 2. The maximum atomic E-state index is 13.1. The van der Waals surface area contributed by atoms with Crippen molar-refractivity contribution in [3.63, 3.8) is 0 Å². The minimum absolute atomic E-state index is 0.0499. The zero-order valence-corrected chi connectivity index (χ0v) is 20.2. The van der Waals surface area contributed by atoms with E-state index in [1.54, 1.807) is 12.1 Å². The van der Waals surface area contributed by atoms with Gasteiger partial charge >= 0.3 is 0 Å². The summed E-state index contributed by atoms with van der Waals surface area (Å²) in [7, 11) is 0. The highest BCUT2D eigenvalue weighted by Crippen LogP contribution is 2.40. The van der Waals surface area contributed by atoms with Gasteiger partial charge in [0, 0.05) is 18.7 Å². The van der Waals surface area contributed by atoms with Crippen molar-refractivity contribution in [1.82, 2.24) is 4.90 Å². The average molecular weight is 472 g/mol. The van der Waals surface area contributed by atoms with Crippen molar-refractivity contribution >= 4 is 29.1 Å². The van der Waals surface area contributed by atoms with Crippen LogP contribution in [0.1, 0.15) is 49.9 Å². The van der Waals surface area contributed by atoms with E-state index in [1.807, 2.05) is 52.0 Å². The number of hydrogen-bond acceptors (Lipinski definition) is 5. The van der Waals surface area contributed by atoms with Gasteiger partial charge in [0.25, 0.3) is 11.7 Å². The molecule has 2 aromatic rings. The lowest BCUT2D eigenvalue weighted by atomic mass is 9.94. The van der Waals surface area contributed by atoms with Crippen LogP contribution in [0.4, 0.5) is 0 Å². The van der Waals surface area contributed by atoms with Gasteiger partial charge in [0.1, 0.15) is 11.5 Å². The van der Waals surface area contributed by atoms with E-state index in [2.05, 4.69) is 0 Å². The lowest BCUT2D eigenvalue weighted by Gasteiger charge is -2.25. The first-order chi connectivity index (χ1) is 15.7. The molecule has 1 aliphatic heterocycles. The highest BCUT2D eigenvalue weighted by Gasteiger charge is 2.45. The van der Waals surface area contributed by atoms with Gasteiger partial charge in [-0.2, -0.15) is 0 Å². The second-order valence-corrected chi connectivity index (χ2v) is 8.66. The molecule has 0 radical (unpaired) electrons. The molecule has 7 heteroatoms. The van der Waals surface area contributed by atoms with E-state index in [1.165, 1.54) is 11.0 Å². The number of nitrogens with zero attached hydrogens (tertiary/aromatic N) is 1. The minimum atomic E-state index is -0.715. The predicted molar refractivity (Wildman–Crippen MR) is 129 cm³/mol. The van der Waals surface area contributed by atoms with Gasteiger partial charge in [0.2, 0.25) is 0 Å². The molecule has 0 spiro atoms. The normalized spacial score (nSPS) is 17.8. The first-order valence-corrected chi connectivity index (χ1v) is 11.5. The van der Waals surface area contributed by atoms with Gasteiger partial charge < -0.3 is 19.5 Å². The topological polar surface area (TPSA) is 76.1 Å². The molecule has 0 aromatic heterocycles. The van der Waals surface area contributed by atoms with Crippen LogP contribution in [-0.2, 0) is 14.3 Å². The number of halogens is 1. The van der Waals surface area contributed by atoms with Gasteiger partial charge in [-0.05, 0) is 57.9 Å². The summed E-state index contributed by atoms with van der Waals surface area (Å²) in [5.74, 6) is -1.13. The summed E-state index contributed by atoms with van der Waals surface area (Å²) in [5.41, 5.74) is 2.21. The van der Waals surface area contributed by atoms with Crippen LogP contribution in [0, 0.1) is 6.92 Å². The number of ketones is 1. The molecule has 1 N–H and O–H groups in total. The molecule has 2 aromatic carbocycles.